The second-order valence-corrected chi connectivity index (χ2v) is 6.07. The van der Waals surface area contributed by atoms with Crippen LogP contribution in [0.25, 0.3) is 0 Å². The van der Waals surface area contributed by atoms with Gasteiger partial charge in [-0.3, -0.25) is 0 Å². The van der Waals surface area contributed by atoms with Gasteiger partial charge in [0.25, 0.3) is 0 Å². The van der Waals surface area contributed by atoms with Crippen molar-refractivity contribution in [1.29, 1.82) is 0 Å². The van der Waals surface area contributed by atoms with E-state index in [1.807, 2.05) is 6.07 Å². The summed E-state index contributed by atoms with van der Waals surface area (Å²) in [5, 5.41) is 0.823. The van der Waals surface area contributed by atoms with Crippen LogP contribution in [-0.2, 0) is 10.3 Å². The van der Waals surface area contributed by atoms with Crippen molar-refractivity contribution in [3.8, 4) is 0 Å². The van der Waals surface area contributed by atoms with Crippen LogP contribution in [0.2, 0.25) is 0 Å². The summed E-state index contributed by atoms with van der Waals surface area (Å²) in [6, 6.07) is 10.5. The molecule has 0 radical (unpaired) electrons. The lowest BCUT2D eigenvalue weighted by molar-refractivity contribution is -0.0676. The first-order valence-corrected chi connectivity index (χ1v) is 8.54. The Morgan fingerprint density at radius 3 is 2.42 bits per heavy atom. The summed E-state index contributed by atoms with van der Waals surface area (Å²) in [6.45, 7) is 6.60. The SMILES string of the molecule is CCCCCCC(C)OC(C)(CBr)c1ccccc1. The molecule has 1 aromatic carbocycles. The highest BCUT2D eigenvalue weighted by Crippen LogP contribution is 2.30. The van der Waals surface area contributed by atoms with Crippen LogP contribution in [0.1, 0.15) is 58.4 Å². The topological polar surface area (TPSA) is 9.23 Å². The molecule has 2 heteroatoms. The Hall–Kier alpha value is -0.340. The van der Waals surface area contributed by atoms with E-state index in [0.717, 1.165) is 11.8 Å². The molecule has 0 heterocycles. The number of alkyl halides is 1. The zero-order valence-corrected chi connectivity index (χ0v) is 14.1. The largest absolute Gasteiger partial charge is 0.367 e. The van der Waals surface area contributed by atoms with Crippen LogP contribution in [0.4, 0.5) is 0 Å². The molecule has 108 valence electrons. The van der Waals surface area contributed by atoms with Gasteiger partial charge in [-0.25, -0.2) is 0 Å². The monoisotopic (exact) mass is 326 g/mol. The van der Waals surface area contributed by atoms with Crippen molar-refractivity contribution in [1.82, 2.24) is 0 Å². The Morgan fingerprint density at radius 2 is 1.84 bits per heavy atom. The molecule has 0 aliphatic carbocycles. The number of rotatable bonds is 9. The van der Waals surface area contributed by atoms with Crippen molar-refractivity contribution in [2.45, 2.75) is 64.6 Å². The van der Waals surface area contributed by atoms with Crippen LogP contribution in [-0.4, -0.2) is 11.4 Å². The molecule has 1 aromatic rings. The average Bonchev–Trinajstić information content (AvgIpc) is 2.44. The quantitative estimate of drug-likeness (QED) is 0.419. The Balaban J connectivity index is 2.51. The highest BCUT2D eigenvalue weighted by atomic mass is 79.9. The standard InChI is InChI=1S/C17H27BrO/c1-4-5-6-8-11-15(2)19-17(3,14-18)16-12-9-7-10-13-16/h7,9-10,12-13,15H,4-6,8,11,14H2,1-3H3. The molecular formula is C17H27BrO. The fourth-order valence-corrected chi connectivity index (χ4v) is 2.78. The molecular weight excluding hydrogens is 300 g/mol. The van der Waals surface area contributed by atoms with E-state index in [0.29, 0.717) is 6.10 Å². The predicted molar refractivity (Wildman–Crippen MR) is 86.9 cm³/mol. The third kappa shape index (κ3) is 5.66. The molecule has 2 unspecified atom stereocenters. The summed E-state index contributed by atoms with van der Waals surface area (Å²) >= 11 is 3.61. The lowest BCUT2D eigenvalue weighted by Gasteiger charge is -2.32. The van der Waals surface area contributed by atoms with Crippen LogP contribution in [0.15, 0.2) is 30.3 Å². The molecule has 0 saturated carbocycles. The minimum absolute atomic E-state index is 0.231. The molecule has 0 N–H and O–H groups in total. The fraction of sp³-hybridized carbons (Fsp3) is 0.647. The van der Waals surface area contributed by atoms with E-state index in [-0.39, 0.29) is 5.60 Å². The Labute approximate surface area is 126 Å². The van der Waals surface area contributed by atoms with Crippen molar-refractivity contribution < 1.29 is 4.74 Å². The summed E-state index contributed by atoms with van der Waals surface area (Å²) in [6.07, 6.45) is 6.66. The van der Waals surface area contributed by atoms with Gasteiger partial charge in [0.1, 0.15) is 5.60 Å². The first kappa shape index (κ1) is 16.7. The first-order valence-electron chi connectivity index (χ1n) is 7.41. The van der Waals surface area contributed by atoms with Crippen molar-refractivity contribution in [2.24, 2.45) is 0 Å². The minimum Gasteiger partial charge on any atom is -0.367 e. The summed E-state index contributed by atoms with van der Waals surface area (Å²) in [7, 11) is 0. The van der Waals surface area contributed by atoms with Crippen LogP contribution in [0, 0.1) is 0 Å². The van der Waals surface area contributed by atoms with Crippen molar-refractivity contribution in [3.05, 3.63) is 35.9 Å². The predicted octanol–water partition coefficient (Wildman–Crippen LogP) is 5.67. The lowest BCUT2D eigenvalue weighted by atomic mass is 9.97. The molecule has 0 aromatic heterocycles. The zero-order valence-electron chi connectivity index (χ0n) is 12.5. The molecule has 0 bridgehead atoms. The summed E-state index contributed by atoms with van der Waals surface area (Å²) in [5.41, 5.74) is 1.01. The fourth-order valence-electron chi connectivity index (χ4n) is 2.33. The minimum atomic E-state index is -0.231. The smallest absolute Gasteiger partial charge is 0.100 e. The first-order chi connectivity index (χ1) is 9.12. The maximum Gasteiger partial charge on any atom is 0.100 e. The van der Waals surface area contributed by atoms with Gasteiger partial charge in [-0.2, -0.15) is 0 Å². The van der Waals surface area contributed by atoms with E-state index >= 15 is 0 Å². The van der Waals surface area contributed by atoms with Gasteiger partial charge >= 0.3 is 0 Å². The van der Waals surface area contributed by atoms with Gasteiger partial charge in [0.15, 0.2) is 0 Å². The van der Waals surface area contributed by atoms with Gasteiger partial charge in [-0.1, -0.05) is 78.9 Å². The van der Waals surface area contributed by atoms with Crippen LogP contribution >= 0.6 is 15.9 Å². The normalized spacial score (nSPS) is 16.0. The lowest BCUT2D eigenvalue weighted by Crippen LogP contribution is -2.32. The summed E-state index contributed by atoms with van der Waals surface area (Å²) in [4.78, 5) is 0. The van der Waals surface area contributed by atoms with Crippen LogP contribution in [0.3, 0.4) is 0 Å². The van der Waals surface area contributed by atoms with Crippen LogP contribution in [0.5, 0.6) is 0 Å². The number of halogens is 1. The molecule has 1 nitrogen and oxygen atoms in total. The second kappa shape index (κ2) is 8.76. The van der Waals surface area contributed by atoms with E-state index in [4.69, 9.17) is 4.74 Å². The average molecular weight is 327 g/mol. The van der Waals surface area contributed by atoms with Gasteiger partial charge in [0, 0.05) is 5.33 Å². The number of ether oxygens (including phenoxy) is 1. The highest BCUT2D eigenvalue weighted by molar-refractivity contribution is 9.09. The molecule has 0 aliphatic rings. The Kier molecular flexibility index (Phi) is 7.70. The van der Waals surface area contributed by atoms with Gasteiger partial charge in [0.05, 0.1) is 6.10 Å². The molecule has 1 rings (SSSR count). The summed E-state index contributed by atoms with van der Waals surface area (Å²) in [5.74, 6) is 0. The van der Waals surface area contributed by atoms with Gasteiger partial charge in [-0.05, 0) is 25.8 Å². The molecule has 0 spiro atoms. The van der Waals surface area contributed by atoms with Crippen molar-refractivity contribution in [2.75, 3.05) is 5.33 Å². The third-order valence-electron chi connectivity index (χ3n) is 3.56. The van der Waals surface area contributed by atoms with Gasteiger partial charge in [-0.15, -0.1) is 0 Å². The molecule has 2 atom stereocenters. The molecule has 0 fully saturated rings. The highest BCUT2D eigenvalue weighted by Gasteiger charge is 2.28. The third-order valence-corrected chi connectivity index (χ3v) is 4.63. The Morgan fingerprint density at radius 1 is 1.16 bits per heavy atom. The number of hydrogen-bond donors (Lipinski definition) is 0. The van der Waals surface area contributed by atoms with Crippen molar-refractivity contribution in [3.63, 3.8) is 0 Å². The van der Waals surface area contributed by atoms with E-state index in [2.05, 4.69) is 61.0 Å². The van der Waals surface area contributed by atoms with E-state index < -0.39 is 0 Å². The van der Waals surface area contributed by atoms with Gasteiger partial charge < -0.3 is 4.74 Å². The molecule has 19 heavy (non-hydrogen) atoms. The number of hydrogen-bond acceptors (Lipinski definition) is 1. The zero-order chi connectivity index (χ0) is 14.1. The van der Waals surface area contributed by atoms with E-state index in [9.17, 15) is 0 Å². The maximum absolute atomic E-state index is 6.31. The van der Waals surface area contributed by atoms with Gasteiger partial charge in [0.2, 0.25) is 0 Å². The summed E-state index contributed by atoms with van der Waals surface area (Å²) < 4.78 is 6.31. The maximum atomic E-state index is 6.31. The number of unbranched alkanes of at least 4 members (excludes halogenated alkanes) is 3. The molecule has 0 amide bonds. The van der Waals surface area contributed by atoms with Crippen molar-refractivity contribution >= 4 is 15.9 Å². The number of benzene rings is 1. The molecule has 0 saturated heterocycles. The van der Waals surface area contributed by atoms with E-state index in [1.54, 1.807) is 0 Å². The van der Waals surface area contributed by atoms with Crippen LogP contribution < -0.4 is 0 Å². The Bertz CT molecular complexity index is 338. The second-order valence-electron chi connectivity index (χ2n) is 5.51. The molecule has 0 aliphatic heterocycles. The van der Waals surface area contributed by atoms with E-state index in [1.165, 1.54) is 31.2 Å².